The maximum absolute atomic E-state index is 11.7. The smallest absolute Gasteiger partial charge is 0.219 e. The van der Waals surface area contributed by atoms with Crippen molar-refractivity contribution in [2.45, 2.75) is 59.5 Å². The summed E-state index contributed by atoms with van der Waals surface area (Å²) in [6.07, 6.45) is 1.69. The maximum atomic E-state index is 11.7. The van der Waals surface area contributed by atoms with E-state index >= 15 is 0 Å². The zero-order valence-corrected chi connectivity index (χ0v) is 14.0. The monoisotopic (exact) mass is 283 g/mol. The van der Waals surface area contributed by atoms with Crippen molar-refractivity contribution in [1.29, 1.82) is 0 Å². The Balaban J connectivity index is 2.47. The van der Waals surface area contributed by atoms with Gasteiger partial charge in [0, 0.05) is 51.2 Å². The first-order valence-corrected chi connectivity index (χ1v) is 8.23. The quantitative estimate of drug-likeness (QED) is 0.776. The predicted octanol–water partition coefficient (Wildman–Crippen LogP) is 1.95. The van der Waals surface area contributed by atoms with Crippen LogP contribution in [0.25, 0.3) is 0 Å². The van der Waals surface area contributed by atoms with Gasteiger partial charge in [0.15, 0.2) is 0 Å². The van der Waals surface area contributed by atoms with Gasteiger partial charge in [-0.2, -0.15) is 0 Å². The van der Waals surface area contributed by atoms with E-state index in [0.29, 0.717) is 18.4 Å². The Bertz CT molecular complexity index is 285. The van der Waals surface area contributed by atoms with E-state index < -0.39 is 0 Å². The molecule has 1 aliphatic heterocycles. The first-order valence-electron chi connectivity index (χ1n) is 8.23. The fraction of sp³-hybridized carbons (Fsp3) is 0.938. The van der Waals surface area contributed by atoms with Crippen LogP contribution in [0.3, 0.4) is 0 Å². The molecule has 0 saturated carbocycles. The fourth-order valence-corrected chi connectivity index (χ4v) is 2.70. The number of hydrogen-bond donors (Lipinski definition) is 1. The molecule has 0 bridgehead atoms. The van der Waals surface area contributed by atoms with Gasteiger partial charge in [0.2, 0.25) is 5.91 Å². The average Bonchev–Trinajstić information content (AvgIpc) is 2.46. The summed E-state index contributed by atoms with van der Waals surface area (Å²) in [5.74, 6) is 0.713. The Morgan fingerprint density at radius 2 is 1.70 bits per heavy atom. The van der Waals surface area contributed by atoms with Gasteiger partial charge in [0.1, 0.15) is 0 Å². The molecule has 1 heterocycles. The molecule has 0 aromatic carbocycles. The van der Waals surface area contributed by atoms with E-state index in [-0.39, 0.29) is 11.9 Å². The molecular weight excluding hydrogens is 250 g/mol. The van der Waals surface area contributed by atoms with E-state index in [4.69, 9.17) is 0 Å². The Morgan fingerprint density at radius 1 is 1.10 bits per heavy atom. The lowest BCUT2D eigenvalue weighted by Gasteiger charge is -2.39. The third-order valence-corrected chi connectivity index (χ3v) is 4.59. The highest BCUT2D eigenvalue weighted by Crippen LogP contribution is 2.12. The van der Waals surface area contributed by atoms with E-state index in [2.05, 4.69) is 42.8 Å². The zero-order chi connectivity index (χ0) is 15.1. The highest BCUT2D eigenvalue weighted by molar-refractivity contribution is 5.75. The lowest BCUT2D eigenvalue weighted by molar-refractivity contribution is -0.122. The molecule has 0 aromatic rings. The number of hydrogen-bond acceptors (Lipinski definition) is 3. The third kappa shape index (κ3) is 5.41. The van der Waals surface area contributed by atoms with Crippen LogP contribution in [0.2, 0.25) is 0 Å². The van der Waals surface area contributed by atoms with Gasteiger partial charge >= 0.3 is 0 Å². The van der Waals surface area contributed by atoms with Crippen molar-refractivity contribution in [1.82, 2.24) is 15.1 Å². The minimum Gasteiger partial charge on any atom is -0.352 e. The van der Waals surface area contributed by atoms with Crippen molar-refractivity contribution in [3.63, 3.8) is 0 Å². The molecule has 1 rings (SSSR count). The van der Waals surface area contributed by atoms with E-state index in [1.165, 1.54) is 0 Å². The second-order valence-electron chi connectivity index (χ2n) is 6.34. The number of rotatable bonds is 7. The molecule has 2 atom stereocenters. The summed E-state index contributed by atoms with van der Waals surface area (Å²) >= 11 is 0. The van der Waals surface area contributed by atoms with E-state index in [9.17, 15) is 4.79 Å². The van der Waals surface area contributed by atoms with E-state index in [0.717, 1.165) is 39.1 Å². The Kier molecular flexibility index (Phi) is 7.52. The molecule has 0 radical (unpaired) electrons. The Hall–Kier alpha value is -0.610. The van der Waals surface area contributed by atoms with Crippen LogP contribution in [-0.4, -0.2) is 60.5 Å². The number of nitrogens with zero attached hydrogens (tertiary/aromatic N) is 2. The summed E-state index contributed by atoms with van der Waals surface area (Å²) < 4.78 is 0. The SMILES string of the molecule is CCC(=O)N[C@H](CN1CCN(C(C)C)CC1)C(C)CC. The Labute approximate surface area is 124 Å². The lowest BCUT2D eigenvalue weighted by Crippen LogP contribution is -2.54. The molecule has 0 aliphatic carbocycles. The third-order valence-electron chi connectivity index (χ3n) is 4.59. The molecule has 4 nitrogen and oxygen atoms in total. The van der Waals surface area contributed by atoms with Crippen LogP contribution in [0, 0.1) is 5.92 Å². The number of carbonyl (C=O) groups is 1. The first kappa shape index (κ1) is 17.4. The summed E-state index contributed by atoms with van der Waals surface area (Å²) in [6, 6.07) is 0.931. The topological polar surface area (TPSA) is 35.6 Å². The molecule has 118 valence electrons. The van der Waals surface area contributed by atoms with Gasteiger partial charge in [0.05, 0.1) is 0 Å². The van der Waals surface area contributed by atoms with Gasteiger partial charge in [-0.3, -0.25) is 14.6 Å². The molecule has 20 heavy (non-hydrogen) atoms. The zero-order valence-electron chi connectivity index (χ0n) is 14.0. The summed E-state index contributed by atoms with van der Waals surface area (Å²) in [7, 11) is 0. The summed E-state index contributed by atoms with van der Waals surface area (Å²) in [4.78, 5) is 16.7. The van der Waals surface area contributed by atoms with Crippen molar-refractivity contribution in [2.24, 2.45) is 5.92 Å². The van der Waals surface area contributed by atoms with Crippen molar-refractivity contribution >= 4 is 5.91 Å². The van der Waals surface area contributed by atoms with Crippen molar-refractivity contribution in [2.75, 3.05) is 32.7 Å². The van der Waals surface area contributed by atoms with Crippen LogP contribution < -0.4 is 5.32 Å². The van der Waals surface area contributed by atoms with Crippen molar-refractivity contribution in [3.8, 4) is 0 Å². The fourth-order valence-electron chi connectivity index (χ4n) is 2.70. The molecule has 0 spiro atoms. The molecule has 1 aliphatic rings. The molecule has 4 heteroatoms. The molecule has 1 amide bonds. The standard InChI is InChI=1S/C16H33N3O/c1-6-14(5)15(17-16(20)7-2)12-18-8-10-19(11-9-18)13(3)4/h13-15H,6-12H2,1-5H3,(H,17,20)/t14?,15-/m1/s1. The predicted molar refractivity (Wildman–Crippen MR) is 84.8 cm³/mol. The Morgan fingerprint density at radius 3 is 2.15 bits per heavy atom. The summed E-state index contributed by atoms with van der Waals surface area (Å²) in [5.41, 5.74) is 0. The van der Waals surface area contributed by atoms with Gasteiger partial charge in [0.25, 0.3) is 0 Å². The number of nitrogens with one attached hydrogen (secondary N) is 1. The number of piperazine rings is 1. The normalized spacial score (nSPS) is 20.9. The van der Waals surface area contributed by atoms with Crippen LogP contribution in [0.4, 0.5) is 0 Å². The highest BCUT2D eigenvalue weighted by atomic mass is 16.1. The molecular formula is C16H33N3O. The number of carbonyl (C=O) groups excluding carboxylic acids is 1. The van der Waals surface area contributed by atoms with Crippen LogP contribution in [0.1, 0.15) is 47.5 Å². The van der Waals surface area contributed by atoms with E-state index in [1.807, 2.05) is 6.92 Å². The molecule has 1 saturated heterocycles. The van der Waals surface area contributed by atoms with Crippen LogP contribution in [-0.2, 0) is 4.79 Å². The van der Waals surface area contributed by atoms with Crippen LogP contribution in [0.15, 0.2) is 0 Å². The van der Waals surface area contributed by atoms with Crippen molar-refractivity contribution in [3.05, 3.63) is 0 Å². The second-order valence-corrected chi connectivity index (χ2v) is 6.34. The highest BCUT2D eigenvalue weighted by Gasteiger charge is 2.24. The minimum absolute atomic E-state index is 0.177. The largest absolute Gasteiger partial charge is 0.352 e. The van der Waals surface area contributed by atoms with Gasteiger partial charge in [-0.05, 0) is 19.8 Å². The summed E-state index contributed by atoms with van der Waals surface area (Å²) in [5, 5.41) is 3.20. The van der Waals surface area contributed by atoms with Gasteiger partial charge in [-0.25, -0.2) is 0 Å². The second kappa shape index (κ2) is 8.63. The molecule has 1 unspecified atom stereocenters. The minimum atomic E-state index is 0.177. The molecule has 1 N–H and O–H groups in total. The molecule has 1 fully saturated rings. The maximum Gasteiger partial charge on any atom is 0.219 e. The van der Waals surface area contributed by atoms with Gasteiger partial charge in [-0.15, -0.1) is 0 Å². The lowest BCUT2D eigenvalue weighted by atomic mass is 9.98. The average molecular weight is 283 g/mol. The molecule has 0 aromatic heterocycles. The number of amides is 1. The summed E-state index contributed by atoms with van der Waals surface area (Å²) in [6.45, 7) is 16.4. The van der Waals surface area contributed by atoms with E-state index in [1.54, 1.807) is 0 Å². The van der Waals surface area contributed by atoms with Crippen molar-refractivity contribution < 1.29 is 4.79 Å². The van der Waals surface area contributed by atoms with Gasteiger partial charge < -0.3 is 5.32 Å². The van der Waals surface area contributed by atoms with Gasteiger partial charge in [-0.1, -0.05) is 27.2 Å². The van der Waals surface area contributed by atoms with Crippen LogP contribution >= 0.6 is 0 Å². The first-order chi connectivity index (χ1) is 9.47. The van der Waals surface area contributed by atoms with Crippen LogP contribution in [0.5, 0.6) is 0 Å².